The minimum absolute atomic E-state index is 0.0142. The summed E-state index contributed by atoms with van der Waals surface area (Å²) in [5.41, 5.74) is 3.17. The summed E-state index contributed by atoms with van der Waals surface area (Å²) in [4.78, 5) is 27.1. The van der Waals surface area contributed by atoms with Crippen LogP contribution >= 0.6 is 0 Å². The summed E-state index contributed by atoms with van der Waals surface area (Å²) in [6, 6.07) is 9.46. The third kappa shape index (κ3) is 4.52. The predicted octanol–water partition coefficient (Wildman–Crippen LogP) is 2.61. The molecular weight excluding hydrogens is 366 g/mol. The molecule has 1 amide bonds. The van der Waals surface area contributed by atoms with Gasteiger partial charge in [-0.2, -0.15) is 5.10 Å². The van der Waals surface area contributed by atoms with Crippen LogP contribution in [0.1, 0.15) is 42.5 Å². The van der Waals surface area contributed by atoms with Crippen LogP contribution in [0.25, 0.3) is 0 Å². The van der Waals surface area contributed by atoms with Gasteiger partial charge in [0.15, 0.2) is 0 Å². The molecule has 1 aliphatic heterocycles. The maximum absolute atomic E-state index is 12.7. The minimum Gasteiger partial charge on any atom is -0.496 e. The molecule has 2 aliphatic rings. The fourth-order valence-corrected chi connectivity index (χ4v) is 4.47. The van der Waals surface area contributed by atoms with Gasteiger partial charge in [0, 0.05) is 31.3 Å². The van der Waals surface area contributed by atoms with Crippen molar-refractivity contribution in [2.75, 3.05) is 20.2 Å². The average Bonchev–Trinajstić information content (AvgIpc) is 2.75. The van der Waals surface area contributed by atoms with Gasteiger partial charge in [-0.15, -0.1) is 0 Å². The van der Waals surface area contributed by atoms with Crippen molar-refractivity contribution in [3.63, 3.8) is 0 Å². The molecule has 0 saturated carbocycles. The number of nitrogens with zero attached hydrogens (tertiary/aromatic N) is 3. The maximum Gasteiger partial charge on any atom is 0.267 e. The Morgan fingerprint density at radius 3 is 2.72 bits per heavy atom. The zero-order valence-corrected chi connectivity index (χ0v) is 17.1. The van der Waals surface area contributed by atoms with Crippen molar-refractivity contribution in [3.8, 4) is 5.75 Å². The monoisotopic (exact) mass is 395 g/mol. The van der Waals surface area contributed by atoms with Crippen molar-refractivity contribution >= 4 is 5.91 Å². The minimum atomic E-state index is 0.0142. The van der Waals surface area contributed by atoms with Gasteiger partial charge in [0.25, 0.3) is 5.56 Å². The Morgan fingerprint density at radius 2 is 1.93 bits per heavy atom. The van der Waals surface area contributed by atoms with Gasteiger partial charge in [0.1, 0.15) is 5.75 Å². The second-order valence-electron chi connectivity index (χ2n) is 8.16. The first kappa shape index (κ1) is 19.7. The first-order valence-corrected chi connectivity index (χ1v) is 10.6. The number of aryl methyl sites for hydroxylation is 2. The highest BCUT2D eigenvalue weighted by atomic mass is 16.5. The van der Waals surface area contributed by atoms with E-state index in [1.165, 1.54) is 0 Å². The van der Waals surface area contributed by atoms with E-state index in [1.807, 2.05) is 29.2 Å². The number of hydrogen-bond donors (Lipinski definition) is 0. The Balaban J connectivity index is 1.34. The Hall–Kier alpha value is -2.63. The highest BCUT2D eigenvalue weighted by molar-refractivity contribution is 5.79. The summed E-state index contributed by atoms with van der Waals surface area (Å²) < 4.78 is 7.01. The molecule has 6 nitrogen and oxygen atoms in total. The molecule has 1 aliphatic carbocycles. The smallest absolute Gasteiger partial charge is 0.267 e. The number of aromatic nitrogens is 2. The fraction of sp³-hybridized carbons (Fsp3) is 0.522. The number of methoxy groups -OCH3 is 1. The lowest BCUT2D eigenvalue weighted by Crippen LogP contribution is -2.41. The second kappa shape index (κ2) is 8.80. The van der Waals surface area contributed by atoms with Gasteiger partial charge < -0.3 is 9.64 Å². The number of carbonyl (C=O) groups is 1. The average molecular weight is 396 g/mol. The van der Waals surface area contributed by atoms with E-state index in [2.05, 4.69) is 5.10 Å². The number of piperidine rings is 1. The van der Waals surface area contributed by atoms with Crippen LogP contribution in [0, 0.1) is 5.92 Å². The molecule has 1 saturated heterocycles. The van der Waals surface area contributed by atoms with Crippen LogP contribution in [-0.2, 0) is 30.6 Å². The van der Waals surface area contributed by atoms with E-state index in [4.69, 9.17) is 4.74 Å². The highest BCUT2D eigenvalue weighted by Gasteiger charge is 2.24. The standard InChI is InChI=1S/C23H29N3O3/c1-29-21-9-5-3-7-19(21)15-22(27)25-12-10-17(11-13-25)16-26-23(28)14-18-6-2-4-8-20(18)24-26/h3,5,7,9,14,17H,2,4,6,8,10-13,15-16H2,1H3. The van der Waals surface area contributed by atoms with Gasteiger partial charge in [-0.05, 0) is 56.1 Å². The summed E-state index contributed by atoms with van der Waals surface area (Å²) in [5.74, 6) is 1.28. The Labute approximate surface area is 171 Å². The van der Waals surface area contributed by atoms with E-state index in [-0.39, 0.29) is 11.5 Å². The molecule has 1 fully saturated rings. The molecule has 0 radical (unpaired) electrons. The molecule has 0 N–H and O–H groups in total. The zero-order valence-electron chi connectivity index (χ0n) is 17.1. The highest BCUT2D eigenvalue weighted by Crippen LogP contribution is 2.23. The van der Waals surface area contributed by atoms with E-state index in [0.29, 0.717) is 18.9 Å². The Bertz CT molecular complexity index is 929. The lowest BCUT2D eigenvalue weighted by Gasteiger charge is -2.32. The van der Waals surface area contributed by atoms with Crippen LogP contribution in [0.3, 0.4) is 0 Å². The zero-order chi connectivity index (χ0) is 20.2. The summed E-state index contributed by atoms with van der Waals surface area (Å²) in [7, 11) is 1.63. The van der Waals surface area contributed by atoms with Crippen LogP contribution in [0.4, 0.5) is 0 Å². The number of hydrogen-bond acceptors (Lipinski definition) is 4. The van der Waals surface area contributed by atoms with E-state index in [9.17, 15) is 9.59 Å². The molecule has 0 atom stereocenters. The van der Waals surface area contributed by atoms with Crippen LogP contribution in [-0.4, -0.2) is 40.8 Å². The van der Waals surface area contributed by atoms with Gasteiger partial charge in [-0.25, -0.2) is 4.68 Å². The third-order valence-electron chi connectivity index (χ3n) is 6.21. The molecule has 0 unspecified atom stereocenters. The summed E-state index contributed by atoms with van der Waals surface area (Å²) in [6.07, 6.45) is 6.44. The largest absolute Gasteiger partial charge is 0.496 e. The van der Waals surface area contributed by atoms with Crippen molar-refractivity contribution in [2.24, 2.45) is 5.92 Å². The molecule has 29 heavy (non-hydrogen) atoms. The molecule has 1 aromatic heterocycles. The number of amides is 1. The molecule has 4 rings (SSSR count). The first-order chi connectivity index (χ1) is 14.1. The quantitative estimate of drug-likeness (QED) is 0.781. The van der Waals surface area contributed by atoms with Gasteiger partial charge in [-0.1, -0.05) is 18.2 Å². The number of likely N-dealkylation sites (tertiary alicyclic amines) is 1. The Morgan fingerprint density at radius 1 is 1.17 bits per heavy atom. The van der Waals surface area contributed by atoms with E-state index in [1.54, 1.807) is 17.9 Å². The number of carbonyl (C=O) groups excluding carboxylic acids is 1. The molecule has 154 valence electrons. The van der Waals surface area contributed by atoms with Crippen molar-refractivity contribution in [3.05, 3.63) is 57.5 Å². The normalized spacial score (nSPS) is 17.1. The molecule has 2 heterocycles. The maximum atomic E-state index is 12.7. The summed E-state index contributed by atoms with van der Waals surface area (Å²) in [6.45, 7) is 2.12. The predicted molar refractivity (Wildman–Crippen MR) is 111 cm³/mol. The number of benzene rings is 1. The van der Waals surface area contributed by atoms with Crippen molar-refractivity contribution in [1.82, 2.24) is 14.7 Å². The van der Waals surface area contributed by atoms with Gasteiger partial charge >= 0.3 is 0 Å². The number of fused-ring (bicyclic) bond motifs is 1. The van der Waals surface area contributed by atoms with Crippen LogP contribution < -0.4 is 10.3 Å². The fourth-order valence-electron chi connectivity index (χ4n) is 4.47. The number of para-hydroxylation sites is 1. The first-order valence-electron chi connectivity index (χ1n) is 10.6. The summed E-state index contributed by atoms with van der Waals surface area (Å²) in [5, 5.41) is 4.65. The lowest BCUT2D eigenvalue weighted by atomic mass is 9.95. The molecule has 0 spiro atoms. The molecule has 0 bridgehead atoms. The molecule has 6 heteroatoms. The van der Waals surface area contributed by atoms with E-state index < -0.39 is 0 Å². The van der Waals surface area contributed by atoms with Gasteiger partial charge in [-0.3, -0.25) is 9.59 Å². The number of ether oxygens (including phenoxy) is 1. The number of rotatable bonds is 5. The van der Waals surface area contributed by atoms with E-state index >= 15 is 0 Å². The van der Waals surface area contributed by atoms with Crippen molar-refractivity contribution < 1.29 is 9.53 Å². The SMILES string of the molecule is COc1ccccc1CC(=O)N1CCC(Cn2nc3c(cc2=O)CCCC3)CC1. The second-order valence-corrected chi connectivity index (χ2v) is 8.16. The molecule has 2 aromatic rings. The van der Waals surface area contributed by atoms with Crippen LogP contribution in [0.2, 0.25) is 0 Å². The van der Waals surface area contributed by atoms with Crippen LogP contribution in [0.15, 0.2) is 35.1 Å². The molecule has 1 aromatic carbocycles. The molecular formula is C23H29N3O3. The van der Waals surface area contributed by atoms with Gasteiger partial charge in [0.05, 0.1) is 19.2 Å². The van der Waals surface area contributed by atoms with Crippen molar-refractivity contribution in [1.29, 1.82) is 0 Å². The lowest BCUT2D eigenvalue weighted by molar-refractivity contribution is -0.131. The Kier molecular flexibility index (Phi) is 5.97. The van der Waals surface area contributed by atoms with Crippen molar-refractivity contribution in [2.45, 2.75) is 51.5 Å². The van der Waals surface area contributed by atoms with Crippen LogP contribution in [0.5, 0.6) is 5.75 Å². The third-order valence-corrected chi connectivity index (χ3v) is 6.21. The van der Waals surface area contributed by atoms with Gasteiger partial charge in [0.2, 0.25) is 5.91 Å². The summed E-state index contributed by atoms with van der Waals surface area (Å²) >= 11 is 0. The topological polar surface area (TPSA) is 64.4 Å². The van der Waals surface area contributed by atoms with E-state index in [0.717, 1.165) is 74.2 Å².